The van der Waals surface area contributed by atoms with E-state index in [-0.39, 0.29) is 0 Å². The summed E-state index contributed by atoms with van der Waals surface area (Å²) < 4.78 is 0. The molecule has 2 N–H and O–H groups in total. The predicted molar refractivity (Wildman–Crippen MR) is 56.1 cm³/mol. The highest BCUT2D eigenvalue weighted by Gasteiger charge is 2.09. The van der Waals surface area contributed by atoms with E-state index in [0.717, 1.165) is 5.92 Å². The highest BCUT2D eigenvalue weighted by Crippen LogP contribution is 2.15. The Morgan fingerprint density at radius 1 is 1.00 bits per heavy atom. The average molecular weight is 171 g/mol. The van der Waals surface area contributed by atoms with E-state index >= 15 is 0 Å². The lowest BCUT2D eigenvalue weighted by molar-refractivity contribution is 0.392. The van der Waals surface area contributed by atoms with Gasteiger partial charge < -0.3 is 5.73 Å². The molecule has 0 radical (unpaired) electrons. The quantitative estimate of drug-likeness (QED) is 0.652. The minimum atomic E-state index is 0.407. The molecule has 0 aromatic heterocycles. The zero-order valence-corrected chi connectivity index (χ0v) is 9.14. The van der Waals surface area contributed by atoms with Gasteiger partial charge >= 0.3 is 0 Å². The Morgan fingerprint density at radius 3 is 2.00 bits per heavy atom. The van der Waals surface area contributed by atoms with Crippen LogP contribution in [0.3, 0.4) is 0 Å². The first-order valence-corrected chi connectivity index (χ1v) is 5.33. The highest BCUT2D eigenvalue weighted by molar-refractivity contribution is 4.66. The summed E-state index contributed by atoms with van der Waals surface area (Å²) in [7, 11) is 0. The first-order chi connectivity index (χ1) is 5.57. The third-order valence-electron chi connectivity index (χ3n) is 2.63. The molecule has 0 aliphatic heterocycles. The van der Waals surface area contributed by atoms with Gasteiger partial charge in [0.15, 0.2) is 0 Å². The SMILES string of the molecule is CCCC(C)CCC(N)C(C)C. The van der Waals surface area contributed by atoms with Crippen LogP contribution in [0.2, 0.25) is 0 Å². The third kappa shape index (κ3) is 5.59. The number of rotatable bonds is 6. The molecule has 0 amide bonds. The van der Waals surface area contributed by atoms with E-state index in [9.17, 15) is 0 Å². The highest BCUT2D eigenvalue weighted by atomic mass is 14.6. The lowest BCUT2D eigenvalue weighted by Crippen LogP contribution is -2.26. The van der Waals surface area contributed by atoms with E-state index in [1.165, 1.54) is 25.7 Å². The van der Waals surface area contributed by atoms with Crippen molar-refractivity contribution >= 4 is 0 Å². The molecule has 0 aliphatic rings. The van der Waals surface area contributed by atoms with Crippen LogP contribution >= 0.6 is 0 Å². The van der Waals surface area contributed by atoms with Crippen molar-refractivity contribution in [2.45, 2.75) is 59.4 Å². The molecule has 0 fully saturated rings. The molecule has 0 saturated heterocycles. The summed E-state index contributed by atoms with van der Waals surface area (Å²) in [6, 6.07) is 0.407. The minimum absolute atomic E-state index is 0.407. The normalized spacial score (nSPS) is 16.5. The van der Waals surface area contributed by atoms with E-state index in [0.29, 0.717) is 12.0 Å². The van der Waals surface area contributed by atoms with Crippen LogP contribution in [0.5, 0.6) is 0 Å². The maximum atomic E-state index is 5.96. The van der Waals surface area contributed by atoms with Gasteiger partial charge in [0.05, 0.1) is 0 Å². The van der Waals surface area contributed by atoms with Crippen molar-refractivity contribution < 1.29 is 0 Å². The van der Waals surface area contributed by atoms with Crippen LogP contribution in [0.4, 0.5) is 0 Å². The molecule has 1 heteroatoms. The van der Waals surface area contributed by atoms with E-state index in [1.54, 1.807) is 0 Å². The molecule has 0 spiro atoms. The molecule has 0 saturated carbocycles. The van der Waals surface area contributed by atoms with Gasteiger partial charge in [0, 0.05) is 6.04 Å². The minimum Gasteiger partial charge on any atom is -0.327 e. The zero-order valence-electron chi connectivity index (χ0n) is 9.14. The van der Waals surface area contributed by atoms with Crippen LogP contribution in [0.1, 0.15) is 53.4 Å². The van der Waals surface area contributed by atoms with Crippen molar-refractivity contribution in [3.63, 3.8) is 0 Å². The van der Waals surface area contributed by atoms with Gasteiger partial charge in [-0.25, -0.2) is 0 Å². The van der Waals surface area contributed by atoms with Crippen molar-refractivity contribution in [1.29, 1.82) is 0 Å². The first-order valence-electron chi connectivity index (χ1n) is 5.33. The van der Waals surface area contributed by atoms with Crippen molar-refractivity contribution in [2.75, 3.05) is 0 Å². The Kier molecular flexibility index (Phi) is 6.45. The molecule has 0 aromatic carbocycles. The fourth-order valence-electron chi connectivity index (χ4n) is 1.45. The lowest BCUT2D eigenvalue weighted by Gasteiger charge is -2.17. The molecule has 0 rings (SSSR count). The maximum Gasteiger partial charge on any atom is 0.00619 e. The zero-order chi connectivity index (χ0) is 9.56. The van der Waals surface area contributed by atoms with Gasteiger partial charge in [0.2, 0.25) is 0 Å². The standard InChI is InChI=1S/C11H25N/c1-5-6-10(4)7-8-11(12)9(2)3/h9-11H,5-8,12H2,1-4H3. The molecular weight excluding hydrogens is 146 g/mol. The van der Waals surface area contributed by atoms with Gasteiger partial charge in [-0.1, -0.05) is 40.5 Å². The van der Waals surface area contributed by atoms with Crippen LogP contribution in [-0.4, -0.2) is 6.04 Å². The number of hydrogen-bond acceptors (Lipinski definition) is 1. The van der Waals surface area contributed by atoms with Crippen molar-refractivity contribution in [3.05, 3.63) is 0 Å². The number of hydrogen-bond donors (Lipinski definition) is 1. The Bertz CT molecular complexity index is 99.2. The molecule has 2 atom stereocenters. The van der Waals surface area contributed by atoms with E-state index in [2.05, 4.69) is 27.7 Å². The van der Waals surface area contributed by atoms with E-state index < -0.39 is 0 Å². The summed E-state index contributed by atoms with van der Waals surface area (Å²) in [6.45, 7) is 8.99. The largest absolute Gasteiger partial charge is 0.327 e. The fraction of sp³-hybridized carbons (Fsp3) is 1.00. The van der Waals surface area contributed by atoms with Crippen LogP contribution in [0.15, 0.2) is 0 Å². The molecule has 0 aliphatic carbocycles. The average Bonchev–Trinajstić information content (AvgIpc) is 2.00. The molecular formula is C11H25N. The van der Waals surface area contributed by atoms with Gasteiger partial charge in [-0.05, 0) is 24.7 Å². The lowest BCUT2D eigenvalue weighted by atomic mass is 9.93. The second-order valence-corrected chi connectivity index (χ2v) is 4.38. The van der Waals surface area contributed by atoms with Gasteiger partial charge in [0.1, 0.15) is 0 Å². The van der Waals surface area contributed by atoms with Crippen LogP contribution < -0.4 is 5.73 Å². The van der Waals surface area contributed by atoms with Crippen LogP contribution in [0, 0.1) is 11.8 Å². The molecule has 0 heterocycles. The molecule has 0 aromatic rings. The Balaban J connectivity index is 3.40. The van der Waals surface area contributed by atoms with Crippen molar-refractivity contribution in [3.8, 4) is 0 Å². The van der Waals surface area contributed by atoms with E-state index in [1.807, 2.05) is 0 Å². The maximum absolute atomic E-state index is 5.96. The molecule has 1 nitrogen and oxygen atoms in total. The topological polar surface area (TPSA) is 26.0 Å². The summed E-state index contributed by atoms with van der Waals surface area (Å²) in [5.74, 6) is 1.50. The van der Waals surface area contributed by atoms with Crippen molar-refractivity contribution in [2.24, 2.45) is 17.6 Å². The van der Waals surface area contributed by atoms with Crippen LogP contribution in [-0.2, 0) is 0 Å². The summed E-state index contributed by atoms with van der Waals surface area (Å²) in [6.07, 6.45) is 5.15. The Labute approximate surface area is 77.7 Å². The molecule has 74 valence electrons. The van der Waals surface area contributed by atoms with E-state index in [4.69, 9.17) is 5.73 Å². The Hall–Kier alpha value is -0.0400. The van der Waals surface area contributed by atoms with Gasteiger partial charge in [-0.15, -0.1) is 0 Å². The third-order valence-corrected chi connectivity index (χ3v) is 2.63. The summed E-state index contributed by atoms with van der Waals surface area (Å²) in [5.41, 5.74) is 5.96. The summed E-state index contributed by atoms with van der Waals surface area (Å²) in [5, 5.41) is 0. The molecule has 2 unspecified atom stereocenters. The van der Waals surface area contributed by atoms with Gasteiger partial charge in [0.25, 0.3) is 0 Å². The van der Waals surface area contributed by atoms with Gasteiger partial charge in [-0.3, -0.25) is 0 Å². The summed E-state index contributed by atoms with van der Waals surface area (Å²) in [4.78, 5) is 0. The first kappa shape index (κ1) is 12.0. The number of nitrogens with two attached hydrogens (primary N) is 1. The molecule has 12 heavy (non-hydrogen) atoms. The monoisotopic (exact) mass is 171 g/mol. The second kappa shape index (κ2) is 6.47. The van der Waals surface area contributed by atoms with Crippen LogP contribution in [0.25, 0.3) is 0 Å². The fourth-order valence-corrected chi connectivity index (χ4v) is 1.45. The summed E-state index contributed by atoms with van der Waals surface area (Å²) >= 11 is 0. The predicted octanol–water partition coefficient (Wildman–Crippen LogP) is 3.19. The van der Waals surface area contributed by atoms with Gasteiger partial charge in [-0.2, -0.15) is 0 Å². The van der Waals surface area contributed by atoms with Crippen molar-refractivity contribution in [1.82, 2.24) is 0 Å². The smallest absolute Gasteiger partial charge is 0.00619 e. The molecule has 0 bridgehead atoms. The Morgan fingerprint density at radius 2 is 1.58 bits per heavy atom. The second-order valence-electron chi connectivity index (χ2n) is 4.38.